The van der Waals surface area contributed by atoms with Gasteiger partial charge in [-0.2, -0.15) is 4.98 Å². The predicted molar refractivity (Wildman–Crippen MR) is 134 cm³/mol. The molecule has 0 aliphatic carbocycles. The zero-order chi connectivity index (χ0) is 21.3. The number of hydrogen-bond donors (Lipinski definition) is 2. The first kappa shape index (κ1) is 24.9. The number of aliphatic imine (C=N–C) groups is 1. The van der Waals surface area contributed by atoms with Crippen molar-refractivity contribution in [1.29, 1.82) is 0 Å². The Labute approximate surface area is 204 Å². The van der Waals surface area contributed by atoms with Gasteiger partial charge in [-0.25, -0.2) is 0 Å². The highest BCUT2D eigenvalue weighted by molar-refractivity contribution is 14.0. The van der Waals surface area contributed by atoms with Gasteiger partial charge in [0, 0.05) is 42.7 Å². The monoisotopic (exact) mass is 555 g/mol. The minimum atomic E-state index is 0. The van der Waals surface area contributed by atoms with E-state index in [1.165, 1.54) is 5.56 Å². The van der Waals surface area contributed by atoms with Crippen molar-refractivity contribution in [2.75, 3.05) is 20.2 Å². The van der Waals surface area contributed by atoms with Crippen molar-refractivity contribution >= 4 is 41.5 Å². The summed E-state index contributed by atoms with van der Waals surface area (Å²) in [6.07, 6.45) is 0.579. The molecule has 0 spiro atoms. The van der Waals surface area contributed by atoms with Crippen molar-refractivity contribution in [3.63, 3.8) is 0 Å². The third-order valence-electron chi connectivity index (χ3n) is 4.39. The van der Waals surface area contributed by atoms with E-state index < -0.39 is 0 Å². The predicted octanol–water partition coefficient (Wildman–Crippen LogP) is 4.62. The van der Waals surface area contributed by atoms with Gasteiger partial charge in [-0.3, -0.25) is 4.99 Å². The van der Waals surface area contributed by atoms with E-state index in [-0.39, 0.29) is 24.0 Å². The number of ether oxygens (including phenoxy) is 1. The number of hydrogen-bond acceptors (Lipinski definition) is 5. The first-order chi connectivity index (χ1) is 14.6. The first-order valence-electron chi connectivity index (χ1n) is 9.84. The number of benzene rings is 2. The van der Waals surface area contributed by atoms with E-state index in [0.29, 0.717) is 48.8 Å². The molecule has 0 bridgehead atoms. The molecule has 31 heavy (non-hydrogen) atoms. The van der Waals surface area contributed by atoms with E-state index >= 15 is 0 Å². The molecule has 0 saturated carbocycles. The third kappa shape index (κ3) is 7.39. The maximum atomic E-state index is 5.92. The number of guanidine groups is 1. The molecule has 0 atom stereocenters. The van der Waals surface area contributed by atoms with Gasteiger partial charge in [0.2, 0.25) is 11.7 Å². The molecule has 9 heteroatoms. The maximum Gasteiger partial charge on any atom is 0.228 e. The molecule has 2 N–H and O–H groups in total. The van der Waals surface area contributed by atoms with Crippen molar-refractivity contribution in [1.82, 2.24) is 20.8 Å². The second-order valence-corrected chi connectivity index (χ2v) is 7.10. The summed E-state index contributed by atoms with van der Waals surface area (Å²) < 4.78 is 11.1. The second kappa shape index (κ2) is 12.5. The zero-order valence-corrected chi connectivity index (χ0v) is 20.9. The Bertz CT molecular complexity index is 992. The number of rotatable bonds is 8. The van der Waals surface area contributed by atoms with Crippen LogP contribution in [0.15, 0.2) is 52.0 Å². The molecule has 3 aromatic rings. The average molecular weight is 556 g/mol. The summed E-state index contributed by atoms with van der Waals surface area (Å²) in [6, 6.07) is 13.5. The van der Waals surface area contributed by atoms with Gasteiger partial charge in [-0.15, -0.1) is 24.0 Å². The molecule has 7 nitrogen and oxygen atoms in total. The minimum Gasteiger partial charge on any atom is -0.494 e. The number of aromatic nitrogens is 2. The lowest BCUT2D eigenvalue weighted by Gasteiger charge is -2.14. The standard InChI is InChI=1S/C22H26ClN5O2.HI/c1-4-29-19-13-15(2)5-6-17(19)14-26-22(24-3)25-12-11-20-27-21(28-30-20)16-7-9-18(23)10-8-16;/h5-10,13H,4,11-12,14H2,1-3H3,(H2,24,25,26);1H. The molecule has 0 amide bonds. The Morgan fingerprint density at radius 2 is 1.94 bits per heavy atom. The van der Waals surface area contributed by atoms with E-state index in [1.54, 1.807) is 19.2 Å². The molecule has 0 unspecified atom stereocenters. The van der Waals surface area contributed by atoms with E-state index in [0.717, 1.165) is 16.9 Å². The Hall–Kier alpha value is -2.33. The van der Waals surface area contributed by atoms with Crippen molar-refractivity contribution in [3.05, 3.63) is 64.5 Å². The van der Waals surface area contributed by atoms with Crippen LogP contribution in [0.5, 0.6) is 5.75 Å². The van der Waals surface area contributed by atoms with Crippen LogP contribution in [0.4, 0.5) is 0 Å². The second-order valence-electron chi connectivity index (χ2n) is 6.67. The quantitative estimate of drug-likeness (QED) is 0.240. The molecule has 1 aromatic heterocycles. The molecular formula is C22H27ClIN5O2. The van der Waals surface area contributed by atoms with Crippen LogP contribution in [0.25, 0.3) is 11.4 Å². The van der Waals surface area contributed by atoms with Crippen LogP contribution in [0.3, 0.4) is 0 Å². The lowest BCUT2D eigenvalue weighted by atomic mass is 10.1. The topological polar surface area (TPSA) is 84.6 Å². The molecule has 0 aliphatic rings. The molecular weight excluding hydrogens is 529 g/mol. The summed E-state index contributed by atoms with van der Waals surface area (Å²) in [7, 11) is 1.74. The van der Waals surface area contributed by atoms with Crippen molar-refractivity contribution in [2.24, 2.45) is 4.99 Å². The molecule has 2 aromatic carbocycles. The van der Waals surface area contributed by atoms with Crippen molar-refractivity contribution < 1.29 is 9.26 Å². The molecule has 3 rings (SSSR count). The molecule has 0 aliphatic heterocycles. The van der Waals surface area contributed by atoms with Crippen LogP contribution >= 0.6 is 35.6 Å². The van der Waals surface area contributed by atoms with Gasteiger partial charge in [0.05, 0.1) is 6.61 Å². The van der Waals surface area contributed by atoms with Crippen molar-refractivity contribution in [2.45, 2.75) is 26.8 Å². The van der Waals surface area contributed by atoms with Gasteiger partial charge < -0.3 is 19.9 Å². The summed E-state index contributed by atoms with van der Waals surface area (Å²) in [5.74, 6) is 2.68. The Morgan fingerprint density at radius 1 is 1.16 bits per heavy atom. The normalized spacial score (nSPS) is 11.0. The third-order valence-corrected chi connectivity index (χ3v) is 4.65. The van der Waals surface area contributed by atoms with E-state index in [2.05, 4.69) is 44.8 Å². The molecule has 1 heterocycles. The maximum absolute atomic E-state index is 5.92. The van der Waals surface area contributed by atoms with Gasteiger partial charge in [0.15, 0.2) is 5.96 Å². The molecule has 0 fully saturated rings. The number of nitrogens with one attached hydrogen (secondary N) is 2. The van der Waals surface area contributed by atoms with Crippen LogP contribution in [-0.4, -0.2) is 36.3 Å². The van der Waals surface area contributed by atoms with Gasteiger partial charge >= 0.3 is 0 Å². The van der Waals surface area contributed by atoms with Gasteiger partial charge in [-0.1, -0.05) is 28.9 Å². The fourth-order valence-electron chi connectivity index (χ4n) is 2.86. The summed E-state index contributed by atoms with van der Waals surface area (Å²) in [5, 5.41) is 11.3. The Balaban J connectivity index is 0.00000341. The fraction of sp³-hybridized carbons (Fsp3) is 0.318. The Kier molecular flexibility index (Phi) is 10.1. The summed E-state index contributed by atoms with van der Waals surface area (Å²) in [4.78, 5) is 8.69. The Morgan fingerprint density at radius 3 is 2.65 bits per heavy atom. The SMILES string of the molecule is CCOc1cc(C)ccc1CNC(=NC)NCCc1nc(-c2ccc(Cl)cc2)no1.I. The highest BCUT2D eigenvalue weighted by Gasteiger charge is 2.09. The lowest BCUT2D eigenvalue weighted by molar-refractivity contribution is 0.336. The molecule has 0 radical (unpaired) electrons. The summed E-state index contributed by atoms with van der Waals surface area (Å²) >= 11 is 5.92. The van der Waals surface area contributed by atoms with Crippen LogP contribution < -0.4 is 15.4 Å². The van der Waals surface area contributed by atoms with Gasteiger partial charge in [-0.05, 0) is 49.7 Å². The van der Waals surface area contributed by atoms with Crippen LogP contribution in [0, 0.1) is 6.92 Å². The fourth-order valence-corrected chi connectivity index (χ4v) is 2.98. The number of halogens is 2. The lowest BCUT2D eigenvalue weighted by Crippen LogP contribution is -2.38. The largest absolute Gasteiger partial charge is 0.494 e. The number of aryl methyl sites for hydroxylation is 1. The molecule has 166 valence electrons. The van der Waals surface area contributed by atoms with Gasteiger partial charge in [0.1, 0.15) is 5.75 Å². The average Bonchev–Trinajstić information content (AvgIpc) is 3.21. The van der Waals surface area contributed by atoms with Crippen LogP contribution in [0.2, 0.25) is 5.02 Å². The number of nitrogens with zero attached hydrogens (tertiary/aromatic N) is 3. The summed E-state index contributed by atoms with van der Waals surface area (Å²) in [6.45, 7) is 5.88. The smallest absolute Gasteiger partial charge is 0.228 e. The first-order valence-corrected chi connectivity index (χ1v) is 10.2. The van der Waals surface area contributed by atoms with Crippen LogP contribution in [0.1, 0.15) is 23.9 Å². The van der Waals surface area contributed by atoms with E-state index in [4.69, 9.17) is 20.9 Å². The van der Waals surface area contributed by atoms with Crippen LogP contribution in [-0.2, 0) is 13.0 Å². The van der Waals surface area contributed by atoms with Gasteiger partial charge in [0.25, 0.3) is 0 Å². The minimum absolute atomic E-state index is 0. The van der Waals surface area contributed by atoms with E-state index in [1.807, 2.05) is 25.1 Å². The zero-order valence-electron chi connectivity index (χ0n) is 17.8. The highest BCUT2D eigenvalue weighted by atomic mass is 127. The van der Waals surface area contributed by atoms with Crippen molar-refractivity contribution in [3.8, 4) is 17.1 Å². The molecule has 0 saturated heterocycles. The summed E-state index contributed by atoms with van der Waals surface area (Å²) in [5.41, 5.74) is 3.11. The van der Waals surface area contributed by atoms with E-state index in [9.17, 15) is 0 Å². The highest BCUT2D eigenvalue weighted by Crippen LogP contribution is 2.20.